The van der Waals surface area contributed by atoms with Crippen molar-refractivity contribution >= 4 is 38.8 Å². The third-order valence-corrected chi connectivity index (χ3v) is 3.22. The summed E-state index contributed by atoms with van der Waals surface area (Å²) < 4.78 is 6.69. The smallest absolute Gasteiger partial charge is 0.245 e. The van der Waals surface area contributed by atoms with Crippen molar-refractivity contribution in [1.82, 2.24) is 0 Å². The summed E-state index contributed by atoms with van der Waals surface area (Å²) in [6.07, 6.45) is 2.94. The molecule has 0 radical (unpaired) electrons. The predicted octanol–water partition coefficient (Wildman–Crippen LogP) is 4.81. The van der Waals surface area contributed by atoms with Gasteiger partial charge in [0.05, 0.1) is 0 Å². The second-order valence-corrected chi connectivity index (χ2v) is 5.38. The average Bonchev–Trinajstić information content (AvgIpc) is 2.45. The van der Waals surface area contributed by atoms with Gasteiger partial charge in [0.15, 0.2) is 0 Å². The molecule has 0 aliphatic heterocycles. The highest BCUT2D eigenvalue weighted by Gasteiger charge is 2.03. The van der Waals surface area contributed by atoms with Crippen LogP contribution < -0.4 is 4.74 Å². The third kappa shape index (κ3) is 4.51. The molecular weight excluding hydrogens is 340 g/mol. The van der Waals surface area contributed by atoms with Crippen LogP contribution in [0.1, 0.15) is 11.1 Å². The van der Waals surface area contributed by atoms with Crippen molar-refractivity contribution < 1.29 is 9.53 Å². The van der Waals surface area contributed by atoms with Gasteiger partial charge < -0.3 is 4.74 Å². The summed E-state index contributed by atoms with van der Waals surface area (Å²) in [6, 6.07) is 15.5. The normalized spacial score (nSPS) is 10.7. The van der Waals surface area contributed by atoms with Crippen molar-refractivity contribution in [2.45, 2.75) is 6.61 Å². The highest BCUT2D eigenvalue weighted by molar-refractivity contribution is 9.10. The van der Waals surface area contributed by atoms with Gasteiger partial charge in [0, 0.05) is 10.0 Å². The largest absolute Gasteiger partial charge is 0.488 e. The Bertz CT molecular complexity index is 624. The van der Waals surface area contributed by atoms with Crippen LogP contribution in [0.25, 0.3) is 6.08 Å². The molecule has 0 saturated carbocycles. The number of benzene rings is 2. The second kappa shape index (κ2) is 7.27. The average molecular weight is 352 g/mol. The zero-order valence-electron chi connectivity index (χ0n) is 10.6. The maximum Gasteiger partial charge on any atom is 0.245 e. The van der Waals surface area contributed by atoms with Gasteiger partial charge >= 0.3 is 0 Å². The fourth-order valence-corrected chi connectivity index (χ4v) is 2.11. The van der Waals surface area contributed by atoms with Crippen LogP contribution in [-0.4, -0.2) is 5.24 Å². The number of ether oxygens (including phenoxy) is 1. The van der Waals surface area contributed by atoms with E-state index in [1.807, 2.05) is 48.5 Å². The standard InChI is InChI=1S/C16H12BrClO2/c17-14-7-8-15(13(10-14)6-9-16(18)19)20-11-12-4-2-1-3-5-12/h1-10H,11H2/b9-6+. The first kappa shape index (κ1) is 14.8. The molecule has 0 amide bonds. The molecule has 0 saturated heterocycles. The molecule has 2 rings (SSSR count). The predicted molar refractivity (Wildman–Crippen MR) is 84.8 cm³/mol. The van der Waals surface area contributed by atoms with Gasteiger partial charge in [0.2, 0.25) is 5.24 Å². The van der Waals surface area contributed by atoms with E-state index in [1.165, 1.54) is 6.08 Å². The lowest BCUT2D eigenvalue weighted by molar-refractivity contribution is -0.107. The van der Waals surface area contributed by atoms with E-state index in [9.17, 15) is 4.79 Å². The summed E-state index contributed by atoms with van der Waals surface area (Å²) >= 11 is 8.71. The number of rotatable bonds is 5. The third-order valence-electron chi connectivity index (χ3n) is 2.60. The van der Waals surface area contributed by atoms with Crippen LogP contribution in [0.15, 0.2) is 59.1 Å². The van der Waals surface area contributed by atoms with Gasteiger partial charge in [-0.2, -0.15) is 0 Å². The molecule has 4 heteroatoms. The van der Waals surface area contributed by atoms with Crippen molar-refractivity contribution in [1.29, 1.82) is 0 Å². The fraction of sp³-hybridized carbons (Fsp3) is 0.0625. The first-order valence-electron chi connectivity index (χ1n) is 5.99. The molecule has 0 fully saturated rings. The first-order chi connectivity index (χ1) is 9.65. The monoisotopic (exact) mass is 350 g/mol. The molecule has 0 aliphatic carbocycles. The Morgan fingerprint density at radius 3 is 2.65 bits per heavy atom. The molecule has 0 N–H and O–H groups in total. The van der Waals surface area contributed by atoms with E-state index < -0.39 is 5.24 Å². The SMILES string of the molecule is O=C(Cl)/C=C/c1cc(Br)ccc1OCc1ccccc1. The van der Waals surface area contributed by atoms with Crippen molar-refractivity contribution in [3.8, 4) is 5.75 Å². The lowest BCUT2D eigenvalue weighted by atomic mass is 10.2. The molecule has 0 spiro atoms. The van der Waals surface area contributed by atoms with Gasteiger partial charge in [-0.25, -0.2) is 0 Å². The Balaban J connectivity index is 2.16. The van der Waals surface area contributed by atoms with Crippen LogP contribution in [0.4, 0.5) is 0 Å². The van der Waals surface area contributed by atoms with Crippen LogP contribution in [0.2, 0.25) is 0 Å². The van der Waals surface area contributed by atoms with E-state index in [1.54, 1.807) is 6.08 Å². The van der Waals surface area contributed by atoms with Gasteiger partial charge in [0.1, 0.15) is 12.4 Å². The minimum absolute atomic E-state index is 0.470. The molecular formula is C16H12BrClO2. The summed E-state index contributed by atoms with van der Waals surface area (Å²) in [5, 5.41) is -0.515. The van der Waals surface area contributed by atoms with Crippen LogP contribution in [0.5, 0.6) is 5.75 Å². The van der Waals surface area contributed by atoms with E-state index in [-0.39, 0.29) is 0 Å². The highest BCUT2D eigenvalue weighted by atomic mass is 79.9. The zero-order chi connectivity index (χ0) is 14.4. The van der Waals surface area contributed by atoms with E-state index in [0.29, 0.717) is 12.4 Å². The molecule has 0 unspecified atom stereocenters. The minimum Gasteiger partial charge on any atom is -0.488 e. The Kier molecular flexibility index (Phi) is 5.39. The summed E-state index contributed by atoms with van der Waals surface area (Å²) in [5.41, 5.74) is 1.88. The van der Waals surface area contributed by atoms with Crippen LogP contribution in [-0.2, 0) is 11.4 Å². The van der Waals surface area contributed by atoms with Crippen molar-refractivity contribution in [3.63, 3.8) is 0 Å². The Hall–Kier alpha value is -1.58. The van der Waals surface area contributed by atoms with Crippen molar-refractivity contribution in [3.05, 3.63) is 70.2 Å². The number of hydrogen-bond donors (Lipinski definition) is 0. The molecule has 20 heavy (non-hydrogen) atoms. The van der Waals surface area contributed by atoms with Gasteiger partial charge in [-0.05, 0) is 47.5 Å². The molecule has 0 atom stereocenters. The minimum atomic E-state index is -0.515. The van der Waals surface area contributed by atoms with Crippen LogP contribution >= 0.6 is 27.5 Å². The number of hydrogen-bond acceptors (Lipinski definition) is 2. The number of allylic oxidation sites excluding steroid dienone is 1. The lowest BCUT2D eigenvalue weighted by Crippen LogP contribution is -1.96. The number of carbonyl (C=O) groups excluding carboxylic acids is 1. The fourth-order valence-electron chi connectivity index (χ4n) is 1.67. The molecule has 0 bridgehead atoms. The summed E-state index contributed by atoms with van der Waals surface area (Å²) in [6.45, 7) is 0.470. The van der Waals surface area contributed by atoms with Crippen LogP contribution in [0.3, 0.4) is 0 Å². The molecule has 0 aliphatic rings. The topological polar surface area (TPSA) is 26.3 Å². The van der Waals surface area contributed by atoms with Gasteiger partial charge in [-0.1, -0.05) is 46.3 Å². The Morgan fingerprint density at radius 2 is 1.95 bits per heavy atom. The molecule has 2 aromatic carbocycles. The van der Waals surface area contributed by atoms with Crippen molar-refractivity contribution in [2.24, 2.45) is 0 Å². The van der Waals surface area contributed by atoms with E-state index in [2.05, 4.69) is 15.9 Å². The first-order valence-corrected chi connectivity index (χ1v) is 7.16. The second-order valence-electron chi connectivity index (χ2n) is 4.09. The molecule has 102 valence electrons. The van der Waals surface area contributed by atoms with Gasteiger partial charge in [0.25, 0.3) is 0 Å². The molecule has 2 aromatic rings. The zero-order valence-corrected chi connectivity index (χ0v) is 12.9. The maximum absolute atomic E-state index is 10.8. The molecule has 2 nitrogen and oxygen atoms in total. The maximum atomic E-state index is 10.8. The Morgan fingerprint density at radius 1 is 1.20 bits per heavy atom. The van der Waals surface area contributed by atoms with Gasteiger partial charge in [-0.3, -0.25) is 4.79 Å². The summed E-state index contributed by atoms with van der Waals surface area (Å²) in [4.78, 5) is 10.8. The van der Waals surface area contributed by atoms with Crippen LogP contribution in [0, 0.1) is 0 Å². The summed E-state index contributed by atoms with van der Waals surface area (Å²) in [5.74, 6) is 0.700. The molecule has 0 aromatic heterocycles. The Labute approximate surface area is 131 Å². The van der Waals surface area contributed by atoms with Gasteiger partial charge in [-0.15, -0.1) is 0 Å². The number of halogens is 2. The lowest BCUT2D eigenvalue weighted by Gasteiger charge is -2.09. The van der Waals surface area contributed by atoms with E-state index >= 15 is 0 Å². The van der Waals surface area contributed by atoms with E-state index in [0.717, 1.165) is 15.6 Å². The number of carbonyl (C=O) groups is 1. The summed E-state index contributed by atoms with van der Waals surface area (Å²) in [7, 11) is 0. The van der Waals surface area contributed by atoms with Crippen molar-refractivity contribution in [2.75, 3.05) is 0 Å². The highest BCUT2D eigenvalue weighted by Crippen LogP contribution is 2.25. The molecule has 0 heterocycles. The van der Waals surface area contributed by atoms with E-state index in [4.69, 9.17) is 16.3 Å². The quantitative estimate of drug-likeness (QED) is 0.571.